The van der Waals surface area contributed by atoms with Gasteiger partial charge in [0.15, 0.2) is 0 Å². The van der Waals surface area contributed by atoms with E-state index in [-0.39, 0.29) is 5.92 Å². The highest BCUT2D eigenvalue weighted by Crippen LogP contribution is 2.01. The summed E-state index contributed by atoms with van der Waals surface area (Å²) in [5.74, 6) is -0.361. The van der Waals surface area contributed by atoms with E-state index in [9.17, 15) is 9.59 Å². The molecule has 0 unspecified atom stereocenters. The van der Waals surface area contributed by atoms with Gasteiger partial charge in [0, 0.05) is 0 Å². The molecule has 0 aromatic carbocycles. The smallest absolute Gasteiger partial charge is 0.328 e. The fourth-order valence-electron chi connectivity index (χ4n) is 0.733. The number of nitrogens with one attached hydrogen (secondary N) is 1. The number of hydrogen-bond donors (Lipinski definition) is 1. The van der Waals surface area contributed by atoms with Crippen LogP contribution < -0.4 is 5.32 Å². The molecule has 1 N–H and O–H groups in total. The highest BCUT2D eigenvalue weighted by Gasteiger charge is 2.21. The van der Waals surface area contributed by atoms with E-state index in [0.717, 1.165) is 0 Å². The van der Waals surface area contributed by atoms with Crippen molar-refractivity contribution in [2.75, 3.05) is 7.11 Å². The Morgan fingerprint density at radius 1 is 1.55 bits per heavy atom. The number of esters is 1. The van der Waals surface area contributed by atoms with Gasteiger partial charge in [-0.15, -0.1) is 0 Å². The minimum absolute atomic E-state index is 0.0487. The van der Waals surface area contributed by atoms with Crippen molar-refractivity contribution in [1.82, 2.24) is 5.32 Å². The van der Waals surface area contributed by atoms with Crippen molar-refractivity contribution < 1.29 is 14.3 Å². The molecule has 1 atom stereocenters. The molecular weight excluding hydrogens is 146 g/mol. The van der Waals surface area contributed by atoms with E-state index in [1.54, 1.807) is 0 Å². The lowest BCUT2D eigenvalue weighted by Crippen LogP contribution is -2.40. The molecule has 0 spiro atoms. The molecule has 0 aliphatic rings. The zero-order valence-corrected chi connectivity index (χ0v) is 6.96. The predicted octanol–water partition coefficient (Wildman–Crippen LogP) is -0.0700. The maximum Gasteiger partial charge on any atom is 0.328 e. The van der Waals surface area contributed by atoms with Gasteiger partial charge < -0.3 is 10.1 Å². The zero-order chi connectivity index (χ0) is 8.85. The number of hydrogen-bond acceptors (Lipinski definition) is 3. The van der Waals surface area contributed by atoms with Gasteiger partial charge in [0.1, 0.15) is 6.04 Å². The van der Waals surface area contributed by atoms with Crippen LogP contribution in [0.3, 0.4) is 0 Å². The number of amides is 1. The lowest BCUT2D eigenvalue weighted by atomic mass is 10.1. The maximum atomic E-state index is 10.9. The van der Waals surface area contributed by atoms with E-state index in [1.807, 2.05) is 13.8 Å². The van der Waals surface area contributed by atoms with Gasteiger partial charge in [0.2, 0.25) is 6.41 Å². The van der Waals surface area contributed by atoms with Crippen LogP contribution in [0.2, 0.25) is 0 Å². The maximum absolute atomic E-state index is 10.9. The molecule has 0 bridgehead atoms. The molecular formula is C7H13NO3. The summed E-state index contributed by atoms with van der Waals surface area (Å²) in [5, 5.41) is 2.38. The fraction of sp³-hybridized carbons (Fsp3) is 0.714. The van der Waals surface area contributed by atoms with Crippen molar-refractivity contribution >= 4 is 12.4 Å². The number of methoxy groups -OCH3 is 1. The van der Waals surface area contributed by atoms with Crippen LogP contribution in [0.15, 0.2) is 0 Å². The molecule has 0 saturated carbocycles. The summed E-state index contributed by atoms with van der Waals surface area (Å²) in [7, 11) is 1.30. The number of ether oxygens (including phenoxy) is 1. The molecule has 0 rings (SSSR count). The lowest BCUT2D eigenvalue weighted by Gasteiger charge is -2.16. The first-order valence-electron chi connectivity index (χ1n) is 3.41. The van der Waals surface area contributed by atoms with E-state index in [0.29, 0.717) is 6.41 Å². The first-order chi connectivity index (χ1) is 5.13. The summed E-state index contributed by atoms with van der Waals surface area (Å²) in [6.45, 7) is 3.66. The van der Waals surface area contributed by atoms with Crippen molar-refractivity contribution in [2.45, 2.75) is 19.9 Å². The summed E-state index contributed by atoms with van der Waals surface area (Å²) in [5.41, 5.74) is 0. The van der Waals surface area contributed by atoms with Gasteiger partial charge in [0.25, 0.3) is 0 Å². The molecule has 4 heteroatoms. The molecule has 0 fully saturated rings. The third kappa shape index (κ3) is 3.02. The second kappa shape index (κ2) is 4.71. The van der Waals surface area contributed by atoms with Gasteiger partial charge in [-0.2, -0.15) is 0 Å². The minimum atomic E-state index is -0.530. The number of carbonyl (C=O) groups is 2. The zero-order valence-electron chi connectivity index (χ0n) is 6.96. The van der Waals surface area contributed by atoms with Gasteiger partial charge in [-0.25, -0.2) is 4.79 Å². The standard InChI is InChI=1S/C7H13NO3/c1-5(2)6(8-4-9)7(10)11-3/h4-6H,1-3H3,(H,8,9)/t6-/m0/s1. The lowest BCUT2D eigenvalue weighted by molar-refractivity contribution is -0.145. The Hall–Kier alpha value is -1.06. The average molecular weight is 159 g/mol. The highest BCUT2D eigenvalue weighted by molar-refractivity contribution is 5.78. The molecule has 0 aliphatic heterocycles. The number of rotatable bonds is 4. The van der Waals surface area contributed by atoms with Crippen molar-refractivity contribution in [1.29, 1.82) is 0 Å². The van der Waals surface area contributed by atoms with Gasteiger partial charge in [-0.1, -0.05) is 13.8 Å². The van der Waals surface area contributed by atoms with Gasteiger partial charge in [-0.05, 0) is 5.92 Å². The van der Waals surface area contributed by atoms with E-state index in [2.05, 4.69) is 10.1 Å². The molecule has 11 heavy (non-hydrogen) atoms. The van der Waals surface area contributed by atoms with Crippen LogP contribution in [0.1, 0.15) is 13.8 Å². The van der Waals surface area contributed by atoms with E-state index < -0.39 is 12.0 Å². The normalized spacial score (nSPS) is 12.4. The Morgan fingerprint density at radius 2 is 2.09 bits per heavy atom. The van der Waals surface area contributed by atoms with Crippen molar-refractivity contribution in [3.63, 3.8) is 0 Å². The second-order valence-corrected chi connectivity index (χ2v) is 2.53. The molecule has 0 aromatic heterocycles. The summed E-state index contributed by atoms with van der Waals surface area (Å²) in [6.07, 6.45) is 0.502. The van der Waals surface area contributed by atoms with E-state index in [1.165, 1.54) is 7.11 Å². The van der Waals surface area contributed by atoms with Crippen molar-refractivity contribution in [3.8, 4) is 0 Å². The first-order valence-corrected chi connectivity index (χ1v) is 3.41. The molecule has 4 nitrogen and oxygen atoms in total. The summed E-state index contributed by atoms with van der Waals surface area (Å²) >= 11 is 0. The second-order valence-electron chi connectivity index (χ2n) is 2.53. The molecule has 1 amide bonds. The van der Waals surface area contributed by atoms with Gasteiger partial charge in [-0.3, -0.25) is 4.79 Å². The quantitative estimate of drug-likeness (QED) is 0.461. The van der Waals surface area contributed by atoms with Crippen LogP contribution in [0.4, 0.5) is 0 Å². The van der Waals surface area contributed by atoms with Crippen LogP contribution in [0.5, 0.6) is 0 Å². The van der Waals surface area contributed by atoms with E-state index >= 15 is 0 Å². The van der Waals surface area contributed by atoms with Crippen LogP contribution in [0.25, 0.3) is 0 Å². The van der Waals surface area contributed by atoms with E-state index in [4.69, 9.17) is 0 Å². The molecule has 0 heterocycles. The Labute approximate surface area is 65.9 Å². The summed E-state index contributed by atoms with van der Waals surface area (Å²) in [4.78, 5) is 20.9. The largest absolute Gasteiger partial charge is 0.467 e. The van der Waals surface area contributed by atoms with Crippen molar-refractivity contribution in [2.24, 2.45) is 5.92 Å². The van der Waals surface area contributed by atoms with Crippen LogP contribution in [0, 0.1) is 5.92 Å². The van der Waals surface area contributed by atoms with Crippen LogP contribution in [-0.2, 0) is 14.3 Å². The average Bonchev–Trinajstić information content (AvgIpc) is 1.98. The monoisotopic (exact) mass is 159 g/mol. The molecule has 0 saturated heterocycles. The van der Waals surface area contributed by atoms with Crippen LogP contribution >= 0.6 is 0 Å². The molecule has 0 aromatic rings. The SMILES string of the molecule is COC(=O)[C@@H](NC=O)C(C)C. The Bertz CT molecular complexity index is 145. The predicted molar refractivity (Wildman–Crippen MR) is 39.8 cm³/mol. The topological polar surface area (TPSA) is 55.4 Å². The van der Waals surface area contributed by atoms with Crippen LogP contribution in [-0.4, -0.2) is 25.5 Å². The minimum Gasteiger partial charge on any atom is -0.467 e. The van der Waals surface area contributed by atoms with Gasteiger partial charge in [0.05, 0.1) is 7.11 Å². The Balaban J connectivity index is 4.08. The Kier molecular flexibility index (Phi) is 4.26. The Morgan fingerprint density at radius 3 is 2.36 bits per heavy atom. The molecule has 0 radical (unpaired) electrons. The highest BCUT2D eigenvalue weighted by atomic mass is 16.5. The molecule has 0 aliphatic carbocycles. The van der Waals surface area contributed by atoms with Crippen molar-refractivity contribution in [3.05, 3.63) is 0 Å². The molecule has 64 valence electrons. The fourth-order valence-corrected chi connectivity index (χ4v) is 0.733. The van der Waals surface area contributed by atoms with Gasteiger partial charge >= 0.3 is 5.97 Å². The first kappa shape index (κ1) is 9.94. The third-order valence-electron chi connectivity index (χ3n) is 1.37. The summed E-state index contributed by atoms with van der Waals surface area (Å²) < 4.78 is 4.47. The third-order valence-corrected chi connectivity index (χ3v) is 1.37. The number of carbonyl (C=O) groups excluding carboxylic acids is 2. The summed E-state index contributed by atoms with van der Waals surface area (Å²) in [6, 6.07) is -0.530.